The van der Waals surface area contributed by atoms with Crippen LogP contribution in [-0.2, 0) is 0 Å². The Bertz CT molecular complexity index is 629. The molecule has 1 aliphatic heterocycles. The highest BCUT2D eigenvalue weighted by Crippen LogP contribution is 2.16. The lowest BCUT2D eigenvalue weighted by atomic mass is 10.5. The molecule has 7 heteroatoms. The van der Waals surface area contributed by atoms with Gasteiger partial charge in [-0.15, -0.1) is 5.10 Å². The van der Waals surface area contributed by atoms with E-state index in [1.165, 1.54) is 0 Å². The Balaban J connectivity index is 1.94. The molecule has 0 spiro atoms. The van der Waals surface area contributed by atoms with Gasteiger partial charge in [-0.3, -0.25) is 4.99 Å². The second-order valence-electron chi connectivity index (χ2n) is 3.61. The van der Waals surface area contributed by atoms with Crippen molar-refractivity contribution in [3.63, 3.8) is 0 Å². The summed E-state index contributed by atoms with van der Waals surface area (Å²) in [6.07, 6.45) is 3.50. The van der Waals surface area contributed by atoms with Crippen LogP contribution in [0.15, 0.2) is 32.8 Å². The molecule has 3 rings (SSSR count). The molecule has 1 N–H and O–H groups in total. The number of hydrogen-bond acceptors (Lipinski definition) is 5. The third-order valence-electron chi connectivity index (χ3n) is 2.29. The van der Waals surface area contributed by atoms with Crippen molar-refractivity contribution >= 4 is 39.6 Å². The van der Waals surface area contributed by atoms with Gasteiger partial charge in [0.05, 0.1) is 10.7 Å². The van der Waals surface area contributed by atoms with E-state index in [-0.39, 0.29) is 6.17 Å². The molecular formula is C10H9BrN6. The molecule has 1 aliphatic rings. The predicted octanol–water partition coefficient (Wildman–Crippen LogP) is 1.73. The van der Waals surface area contributed by atoms with Crippen molar-refractivity contribution in [2.75, 3.05) is 5.32 Å². The van der Waals surface area contributed by atoms with Crippen LogP contribution in [0.25, 0.3) is 5.65 Å². The van der Waals surface area contributed by atoms with Crippen LogP contribution in [0.3, 0.4) is 0 Å². The van der Waals surface area contributed by atoms with Crippen molar-refractivity contribution in [3.8, 4) is 0 Å². The second kappa shape index (κ2) is 3.92. The maximum Gasteiger partial charge on any atom is 0.248 e. The Morgan fingerprint density at radius 3 is 3.06 bits per heavy atom. The second-order valence-corrected chi connectivity index (χ2v) is 4.46. The Kier molecular flexibility index (Phi) is 2.40. The third kappa shape index (κ3) is 1.93. The molecule has 86 valence electrons. The minimum Gasteiger partial charge on any atom is -0.306 e. The van der Waals surface area contributed by atoms with Gasteiger partial charge < -0.3 is 5.32 Å². The van der Waals surface area contributed by atoms with Crippen LogP contribution in [0.4, 0.5) is 5.95 Å². The highest BCUT2D eigenvalue weighted by Gasteiger charge is 2.11. The lowest BCUT2D eigenvalue weighted by Crippen LogP contribution is -2.12. The highest BCUT2D eigenvalue weighted by molar-refractivity contribution is 9.10. The van der Waals surface area contributed by atoms with Gasteiger partial charge in [0.1, 0.15) is 12.0 Å². The van der Waals surface area contributed by atoms with Crippen LogP contribution < -0.4 is 5.32 Å². The number of fused-ring (bicyclic) bond motifs is 1. The molecule has 0 aromatic carbocycles. The Labute approximate surface area is 106 Å². The fraction of sp³-hybridized carbons (Fsp3) is 0.200. The number of hydrogen-bond donors (Lipinski definition) is 1. The number of rotatable bonds is 1. The van der Waals surface area contributed by atoms with Crippen LogP contribution >= 0.6 is 15.9 Å². The molecule has 0 fully saturated rings. The number of aliphatic imine (C=N–C) groups is 2. The molecule has 0 radical (unpaired) electrons. The van der Waals surface area contributed by atoms with Crippen LogP contribution in [-0.4, -0.2) is 32.8 Å². The summed E-state index contributed by atoms with van der Waals surface area (Å²) in [5, 5.41) is 7.31. The van der Waals surface area contributed by atoms with E-state index >= 15 is 0 Å². The van der Waals surface area contributed by atoms with Gasteiger partial charge in [-0.2, -0.15) is 4.98 Å². The summed E-state index contributed by atoms with van der Waals surface area (Å²) < 4.78 is 2.60. The Morgan fingerprint density at radius 1 is 1.47 bits per heavy atom. The van der Waals surface area contributed by atoms with Crippen LogP contribution in [0, 0.1) is 0 Å². The minimum atomic E-state index is -0.0266. The van der Waals surface area contributed by atoms with Crippen molar-refractivity contribution < 1.29 is 0 Å². The summed E-state index contributed by atoms with van der Waals surface area (Å²) in [7, 11) is 0. The number of pyridine rings is 1. The van der Waals surface area contributed by atoms with E-state index in [0.717, 1.165) is 10.1 Å². The summed E-state index contributed by atoms with van der Waals surface area (Å²) >= 11 is 3.42. The number of aromatic nitrogens is 3. The molecule has 2 aromatic rings. The van der Waals surface area contributed by atoms with Gasteiger partial charge in [-0.1, -0.05) is 0 Å². The van der Waals surface area contributed by atoms with Crippen molar-refractivity contribution in [1.82, 2.24) is 14.6 Å². The first kappa shape index (κ1) is 10.4. The van der Waals surface area contributed by atoms with Gasteiger partial charge in [-0.25, -0.2) is 9.51 Å². The summed E-state index contributed by atoms with van der Waals surface area (Å²) in [5.74, 6) is 1.20. The monoisotopic (exact) mass is 292 g/mol. The predicted molar refractivity (Wildman–Crippen MR) is 69.7 cm³/mol. The maximum absolute atomic E-state index is 4.35. The average Bonchev–Trinajstić information content (AvgIpc) is 2.86. The molecule has 1 atom stereocenters. The largest absolute Gasteiger partial charge is 0.306 e. The first-order valence-electron chi connectivity index (χ1n) is 5.11. The number of anilines is 1. The molecule has 6 nitrogen and oxygen atoms in total. The SMILES string of the molecule is CC1N=CC(Nc2nc3c(Br)cccn3n2)=N1. The summed E-state index contributed by atoms with van der Waals surface area (Å²) in [6, 6.07) is 3.82. The molecule has 0 amide bonds. The zero-order valence-electron chi connectivity index (χ0n) is 9.00. The summed E-state index contributed by atoms with van der Waals surface area (Å²) in [5.41, 5.74) is 0.763. The molecule has 2 aromatic heterocycles. The number of nitrogens with zero attached hydrogens (tertiary/aromatic N) is 5. The number of amidine groups is 1. The fourth-order valence-corrected chi connectivity index (χ4v) is 1.98. The summed E-state index contributed by atoms with van der Waals surface area (Å²) in [6.45, 7) is 1.92. The van der Waals surface area contributed by atoms with E-state index in [1.54, 1.807) is 10.7 Å². The molecule has 0 aliphatic carbocycles. The quantitative estimate of drug-likeness (QED) is 0.870. The molecule has 0 saturated carbocycles. The molecule has 0 saturated heterocycles. The smallest absolute Gasteiger partial charge is 0.248 e. The van der Waals surface area contributed by atoms with Crippen molar-refractivity contribution in [2.24, 2.45) is 9.98 Å². The molecule has 0 bridgehead atoms. The van der Waals surface area contributed by atoms with E-state index in [4.69, 9.17) is 0 Å². The maximum atomic E-state index is 4.35. The first-order valence-corrected chi connectivity index (χ1v) is 5.90. The fourth-order valence-electron chi connectivity index (χ4n) is 1.55. The first-order chi connectivity index (χ1) is 8.22. The van der Waals surface area contributed by atoms with Crippen LogP contribution in [0.1, 0.15) is 6.92 Å². The van der Waals surface area contributed by atoms with Gasteiger partial charge in [0.2, 0.25) is 5.95 Å². The van der Waals surface area contributed by atoms with E-state index in [1.807, 2.05) is 25.3 Å². The molecular weight excluding hydrogens is 284 g/mol. The minimum absolute atomic E-state index is 0.0266. The Morgan fingerprint density at radius 2 is 2.35 bits per heavy atom. The molecule has 1 unspecified atom stereocenters. The average molecular weight is 293 g/mol. The van der Waals surface area contributed by atoms with E-state index < -0.39 is 0 Å². The Hall–Kier alpha value is -1.76. The van der Waals surface area contributed by atoms with Gasteiger partial charge in [0.25, 0.3) is 0 Å². The highest BCUT2D eigenvalue weighted by atomic mass is 79.9. The van der Waals surface area contributed by atoms with E-state index in [0.29, 0.717) is 11.8 Å². The topological polar surface area (TPSA) is 66.9 Å². The molecule has 3 heterocycles. The number of halogens is 1. The van der Waals surface area contributed by atoms with Crippen molar-refractivity contribution in [2.45, 2.75) is 13.1 Å². The molecule has 17 heavy (non-hydrogen) atoms. The lowest BCUT2D eigenvalue weighted by molar-refractivity contribution is 0.816. The lowest BCUT2D eigenvalue weighted by Gasteiger charge is -1.95. The number of nitrogens with one attached hydrogen (secondary N) is 1. The van der Waals surface area contributed by atoms with Crippen molar-refractivity contribution in [3.05, 3.63) is 22.8 Å². The van der Waals surface area contributed by atoms with Crippen molar-refractivity contribution in [1.29, 1.82) is 0 Å². The van der Waals surface area contributed by atoms with Crippen LogP contribution in [0.2, 0.25) is 0 Å². The van der Waals surface area contributed by atoms with Gasteiger partial charge in [0.15, 0.2) is 5.65 Å². The van der Waals surface area contributed by atoms with Gasteiger partial charge in [0, 0.05) is 6.20 Å². The zero-order valence-corrected chi connectivity index (χ0v) is 10.6. The normalized spacial score (nSPS) is 18.7. The van der Waals surface area contributed by atoms with Crippen LogP contribution in [0.5, 0.6) is 0 Å². The van der Waals surface area contributed by atoms with E-state index in [2.05, 4.69) is 41.3 Å². The third-order valence-corrected chi connectivity index (χ3v) is 2.91. The zero-order chi connectivity index (χ0) is 11.8. The standard InChI is InChI=1S/C10H9BrN6/c1-6-12-5-8(13-6)14-10-15-9-7(11)3-2-4-17(9)16-10/h2-6H,1H3,(H,13,14,16). The van der Waals surface area contributed by atoms with E-state index in [9.17, 15) is 0 Å². The van der Waals surface area contributed by atoms with Gasteiger partial charge >= 0.3 is 0 Å². The van der Waals surface area contributed by atoms with Gasteiger partial charge in [-0.05, 0) is 35.0 Å². The summed E-state index contributed by atoms with van der Waals surface area (Å²) in [4.78, 5) is 12.7.